The van der Waals surface area contributed by atoms with E-state index in [1.54, 1.807) is 6.92 Å². The number of aromatic nitrogens is 1. The van der Waals surface area contributed by atoms with Crippen LogP contribution in [0.1, 0.15) is 30.5 Å². The average molecular weight is 512 g/mol. The Morgan fingerprint density at radius 1 is 1.39 bits per heavy atom. The lowest BCUT2D eigenvalue weighted by atomic mass is 10.1. The fourth-order valence-electron chi connectivity index (χ4n) is 2.57. The molecule has 0 unspecified atom stereocenters. The number of nitrogens with zero attached hydrogens (tertiary/aromatic N) is 4. The molecule has 0 atom stereocenters. The van der Waals surface area contributed by atoms with Gasteiger partial charge in [0.15, 0.2) is 0 Å². The molecule has 1 aromatic carbocycles. The molecular weight excluding hydrogens is 496 g/mol. The van der Waals surface area contributed by atoms with Gasteiger partial charge in [-0.1, -0.05) is 13.8 Å². The van der Waals surface area contributed by atoms with E-state index in [-0.39, 0.29) is 35.2 Å². The number of nitro groups is 1. The van der Waals surface area contributed by atoms with Gasteiger partial charge >= 0.3 is 0 Å². The summed E-state index contributed by atoms with van der Waals surface area (Å²) in [5.74, 6) is -0.214. The second kappa shape index (κ2) is 8.67. The zero-order valence-corrected chi connectivity index (χ0v) is 18.4. The molecular formula is C18H16Br2N4O4. The molecule has 10 heteroatoms. The molecule has 0 aliphatic carbocycles. The molecule has 2 aromatic rings. The summed E-state index contributed by atoms with van der Waals surface area (Å²) >= 11 is 6.49. The molecule has 1 N–H and O–H groups in total. The molecule has 0 fully saturated rings. The summed E-state index contributed by atoms with van der Waals surface area (Å²) in [4.78, 5) is 27.2. The Balaban J connectivity index is 2.66. The number of nitro benzene ring substituents is 1. The van der Waals surface area contributed by atoms with Crippen LogP contribution in [0.5, 0.6) is 5.88 Å². The molecule has 146 valence electrons. The largest absolute Gasteiger partial charge is 0.494 e. The van der Waals surface area contributed by atoms with Gasteiger partial charge in [0.05, 0.1) is 25.1 Å². The molecule has 28 heavy (non-hydrogen) atoms. The van der Waals surface area contributed by atoms with Crippen LogP contribution in [0.4, 0.5) is 11.4 Å². The van der Waals surface area contributed by atoms with Crippen molar-refractivity contribution in [1.82, 2.24) is 4.57 Å². The summed E-state index contributed by atoms with van der Waals surface area (Å²) in [6.07, 6.45) is 1.33. The van der Waals surface area contributed by atoms with Crippen molar-refractivity contribution < 1.29 is 10.0 Å². The van der Waals surface area contributed by atoms with Crippen LogP contribution in [0.25, 0.3) is 0 Å². The van der Waals surface area contributed by atoms with Gasteiger partial charge in [0.2, 0.25) is 5.88 Å². The van der Waals surface area contributed by atoms with Gasteiger partial charge in [-0.3, -0.25) is 24.5 Å². The number of hydrogen-bond donors (Lipinski definition) is 1. The zero-order valence-electron chi connectivity index (χ0n) is 15.2. The highest BCUT2D eigenvalue weighted by Gasteiger charge is 2.19. The highest BCUT2D eigenvalue weighted by Crippen LogP contribution is 2.37. The summed E-state index contributed by atoms with van der Waals surface area (Å²) in [7, 11) is 0. The Hall–Kier alpha value is -2.51. The highest BCUT2D eigenvalue weighted by atomic mass is 79.9. The second-order valence-electron chi connectivity index (χ2n) is 6.43. The van der Waals surface area contributed by atoms with E-state index in [0.717, 1.165) is 4.57 Å². The number of non-ortho nitro benzene ring substituents is 1. The SMILES string of the molecule is Cc1c(C=Nc2c(Br)cc([N+](=O)[O-])cc2Br)c(O)n(CC(C)C)c(=O)c1C#N. The van der Waals surface area contributed by atoms with Crippen molar-refractivity contribution in [3.05, 3.63) is 58.2 Å². The molecule has 8 nitrogen and oxygen atoms in total. The Morgan fingerprint density at radius 2 is 1.96 bits per heavy atom. The van der Waals surface area contributed by atoms with Crippen LogP contribution in [0.2, 0.25) is 0 Å². The molecule has 0 saturated heterocycles. The third-order valence-corrected chi connectivity index (χ3v) is 5.14. The van der Waals surface area contributed by atoms with Gasteiger partial charge < -0.3 is 5.11 Å². The molecule has 0 spiro atoms. The van der Waals surface area contributed by atoms with Gasteiger partial charge in [0.25, 0.3) is 11.2 Å². The van der Waals surface area contributed by atoms with Gasteiger partial charge in [-0.15, -0.1) is 0 Å². The molecule has 2 rings (SSSR count). The van der Waals surface area contributed by atoms with E-state index in [1.807, 2.05) is 19.9 Å². The fourth-order valence-corrected chi connectivity index (χ4v) is 3.94. The minimum atomic E-state index is -0.555. The van der Waals surface area contributed by atoms with Crippen molar-refractivity contribution in [3.8, 4) is 11.9 Å². The first kappa shape index (κ1) is 21.8. The van der Waals surface area contributed by atoms with E-state index < -0.39 is 10.5 Å². The maximum absolute atomic E-state index is 12.5. The standard InChI is InChI=1S/C18H16Br2N4O4/c1-9(2)8-23-17(25)12(6-21)10(3)13(18(23)26)7-22-16-14(19)4-11(24(27)28)5-15(16)20/h4-5,7,9,26H,8H2,1-3H3. The Kier molecular flexibility index (Phi) is 6.74. The van der Waals surface area contributed by atoms with E-state index in [9.17, 15) is 25.3 Å². The zero-order chi connectivity index (χ0) is 21.2. The number of rotatable bonds is 5. The summed E-state index contributed by atoms with van der Waals surface area (Å²) in [6.45, 7) is 5.57. The number of hydrogen-bond acceptors (Lipinski definition) is 6. The Morgan fingerprint density at radius 3 is 2.43 bits per heavy atom. The fraction of sp³-hybridized carbons (Fsp3) is 0.278. The predicted octanol–water partition coefficient (Wildman–Crippen LogP) is 4.57. The number of nitriles is 1. The van der Waals surface area contributed by atoms with E-state index in [2.05, 4.69) is 36.9 Å². The second-order valence-corrected chi connectivity index (χ2v) is 8.14. The predicted molar refractivity (Wildman–Crippen MR) is 112 cm³/mol. The van der Waals surface area contributed by atoms with Crippen molar-refractivity contribution in [2.24, 2.45) is 10.9 Å². The van der Waals surface area contributed by atoms with E-state index in [1.165, 1.54) is 18.3 Å². The number of aromatic hydroxyl groups is 1. The van der Waals surface area contributed by atoms with Crippen LogP contribution in [-0.4, -0.2) is 20.8 Å². The molecule has 0 aliphatic heterocycles. The van der Waals surface area contributed by atoms with Crippen LogP contribution in [0.3, 0.4) is 0 Å². The number of halogens is 2. The third kappa shape index (κ3) is 4.31. The lowest BCUT2D eigenvalue weighted by Gasteiger charge is -2.15. The lowest BCUT2D eigenvalue weighted by Crippen LogP contribution is -2.27. The number of pyridine rings is 1. The van der Waals surface area contributed by atoms with Crippen LogP contribution < -0.4 is 5.56 Å². The van der Waals surface area contributed by atoms with Crippen molar-refractivity contribution >= 4 is 49.4 Å². The molecule has 0 saturated carbocycles. The van der Waals surface area contributed by atoms with Crippen molar-refractivity contribution in [2.75, 3.05) is 0 Å². The third-order valence-electron chi connectivity index (χ3n) is 3.93. The van der Waals surface area contributed by atoms with E-state index in [0.29, 0.717) is 20.2 Å². The van der Waals surface area contributed by atoms with Gasteiger partial charge in [-0.05, 0) is 50.3 Å². The first-order valence-electron chi connectivity index (χ1n) is 8.12. The van der Waals surface area contributed by atoms with Gasteiger partial charge in [-0.2, -0.15) is 5.26 Å². The molecule has 0 aliphatic rings. The van der Waals surface area contributed by atoms with E-state index >= 15 is 0 Å². The first-order chi connectivity index (χ1) is 13.1. The van der Waals surface area contributed by atoms with Gasteiger partial charge in [0, 0.05) is 24.9 Å². The normalized spacial score (nSPS) is 11.2. The molecule has 1 heterocycles. The summed E-state index contributed by atoms with van der Waals surface area (Å²) in [5.41, 5.74) is 0.165. The molecule has 0 bridgehead atoms. The summed E-state index contributed by atoms with van der Waals surface area (Å²) in [6, 6.07) is 4.51. The number of aliphatic imine (C=N–C) groups is 1. The Labute approximate surface area is 177 Å². The highest BCUT2D eigenvalue weighted by molar-refractivity contribution is 9.11. The maximum atomic E-state index is 12.5. The van der Waals surface area contributed by atoms with Crippen LogP contribution >= 0.6 is 31.9 Å². The summed E-state index contributed by atoms with van der Waals surface area (Å²) in [5, 5.41) is 30.9. The average Bonchev–Trinajstić information content (AvgIpc) is 2.60. The monoisotopic (exact) mass is 510 g/mol. The topological polar surface area (TPSA) is 122 Å². The lowest BCUT2D eigenvalue weighted by molar-refractivity contribution is -0.385. The van der Waals surface area contributed by atoms with Crippen LogP contribution in [0.15, 0.2) is 30.9 Å². The van der Waals surface area contributed by atoms with Gasteiger partial charge in [0.1, 0.15) is 11.6 Å². The first-order valence-corrected chi connectivity index (χ1v) is 9.71. The minimum absolute atomic E-state index is 0.0678. The molecule has 0 radical (unpaired) electrons. The van der Waals surface area contributed by atoms with Crippen molar-refractivity contribution in [3.63, 3.8) is 0 Å². The van der Waals surface area contributed by atoms with Crippen LogP contribution in [0, 0.1) is 34.3 Å². The van der Waals surface area contributed by atoms with E-state index in [4.69, 9.17) is 0 Å². The Bertz CT molecular complexity index is 1060. The van der Waals surface area contributed by atoms with Gasteiger partial charge in [-0.25, -0.2) is 0 Å². The number of benzene rings is 1. The van der Waals surface area contributed by atoms with Crippen molar-refractivity contribution in [1.29, 1.82) is 5.26 Å². The van der Waals surface area contributed by atoms with Crippen LogP contribution in [-0.2, 0) is 6.54 Å². The molecule has 1 aromatic heterocycles. The summed E-state index contributed by atoms with van der Waals surface area (Å²) < 4.78 is 1.90. The smallest absolute Gasteiger partial charge is 0.271 e. The maximum Gasteiger partial charge on any atom is 0.271 e. The quantitative estimate of drug-likeness (QED) is 0.358. The molecule has 0 amide bonds. The minimum Gasteiger partial charge on any atom is -0.494 e. The van der Waals surface area contributed by atoms with Crippen molar-refractivity contribution in [2.45, 2.75) is 27.3 Å².